The van der Waals surface area contributed by atoms with E-state index in [-0.39, 0.29) is 30.2 Å². The first kappa shape index (κ1) is 26.3. The summed E-state index contributed by atoms with van der Waals surface area (Å²) in [7, 11) is 1.57. The van der Waals surface area contributed by atoms with Crippen molar-refractivity contribution in [2.75, 3.05) is 38.8 Å². The predicted molar refractivity (Wildman–Crippen MR) is 138 cm³/mol. The third-order valence-corrected chi connectivity index (χ3v) is 6.21. The zero-order chi connectivity index (χ0) is 26.0. The number of carbonyl (C=O) groups is 2. The van der Waals surface area contributed by atoms with Crippen LogP contribution in [0.15, 0.2) is 78.9 Å². The second-order valence-corrected chi connectivity index (χ2v) is 8.97. The Hall–Kier alpha value is -3.75. The first-order chi connectivity index (χ1) is 18.0. The highest BCUT2D eigenvalue weighted by Crippen LogP contribution is 2.29. The Balaban J connectivity index is 1.39. The number of halogens is 1. The van der Waals surface area contributed by atoms with Crippen LogP contribution in [0.25, 0.3) is 0 Å². The number of amides is 2. The van der Waals surface area contributed by atoms with Gasteiger partial charge in [0, 0.05) is 19.3 Å². The number of rotatable bonds is 11. The van der Waals surface area contributed by atoms with Crippen LogP contribution in [-0.4, -0.2) is 56.2 Å². The number of nitrogens with one attached hydrogen (secondary N) is 1. The Morgan fingerprint density at radius 2 is 1.62 bits per heavy atom. The van der Waals surface area contributed by atoms with Gasteiger partial charge in [-0.3, -0.25) is 9.59 Å². The Morgan fingerprint density at radius 3 is 2.30 bits per heavy atom. The Labute approximate surface area is 216 Å². The predicted octanol–water partition coefficient (Wildman–Crippen LogP) is 4.68. The molecule has 3 aromatic carbocycles. The molecule has 2 atom stereocenters. The van der Waals surface area contributed by atoms with Crippen molar-refractivity contribution in [2.45, 2.75) is 18.9 Å². The van der Waals surface area contributed by atoms with E-state index in [1.807, 2.05) is 18.2 Å². The molecule has 7 nitrogen and oxygen atoms in total. The summed E-state index contributed by atoms with van der Waals surface area (Å²) < 4.78 is 29.2. The molecule has 2 amide bonds. The van der Waals surface area contributed by atoms with Gasteiger partial charge >= 0.3 is 0 Å². The molecule has 8 heteroatoms. The lowest BCUT2D eigenvalue weighted by Gasteiger charge is -2.24. The van der Waals surface area contributed by atoms with Gasteiger partial charge in [0.15, 0.2) is 0 Å². The standard InChI is InChI=1S/C29H31FN2O5/c1-35-15-16-36-20-28(33)32-19-22(17-21-5-3-2-4-6-21)18-27(32)29(34)31-24-9-13-26(14-10-24)37-25-11-7-23(30)8-12-25/h2-14,22,27H,15-20H2,1H3,(H,31,34)/t22-,27+/m1/s1. The second-order valence-electron chi connectivity index (χ2n) is 8.97. The number of carbonyl (C=O) groups excluding carboxylic acids is 2. The number of benzene rings is 3. The van der Waals surface area contributed by atoms with E-state index in [0.717, 1.165) is 6.42 Å². The lowest BCUT2D eigenvalue weighted by atomic mass is 9.96. The number of methoxy groups -OCH3 is 1. The summed E-state index contributed by atoms with van der Waals surface area (Å²) >= 11 is 0. The monoisotopic (exact) mass is 506 g/mol. The van der Waals surface area contributed by atoms with Crippen LogP contribution in [0.1, 0.15) is 12.0 Å². The molecule has 0 aliphatic carbocycles. The van der Waals surface area contributed by atoms with Crippen molar-refractivity contribution in [1.82, 2.24) is 4.90 Å². The molecule has 1 aliphatic rings. The van der Waals surface area contributed by atoms with Crippen molar-refractivity contribution >= 4 is 17.5 Å². The maximum atomic E-state index is 13.3. The molecule has 1 fully saturated rings. The molecule has 1 aliphatic heterocycles. The number of ether oxygens (including phenoxy) is 3. The Bertz CT molecular complexity index is 1160. The van der Waals surface area contributed by atoms with Crippen molar-refractivity contribution < 1.29 is 28.2 Å². The average Bonchev–Trinajstić information content (AvgIpc) is 3.33. The molecule has 0 aromatic heterocycles. The van der Waals surface area contributed by atoms with Gasteiger partial charge < -0.3 is 24.4 Å². The number of nitrogens with zero attached hydrogens (tertiary/aromatic N) is 1. The fourth-order valence-corrected chi connectivity index (χ4v) is 4.40. The minimum absolute atomic E-state index is 0.0966. The van der Waals surface area contributed by atoms with Crippen molar-refractivity contribution in [3.05, 3.63) is 90.2 Å². The van der Waals surface area contributed by atoms with E-state index in [0.29, 0.717) is 43.4 Å². The van der Waals surface area contributed by atoms with Gasteiger partial charge in [-0.15, -0.1) is 0 Å². The van der Waals surface area contributed by atoms with Gasteiger partial charge in [0.25, 0.3) is 0 Å². The fraction of sp³-hybridized carbons (Fsp3) is 0.310. The molecule has 37 heavy (non-hydrogen) atoms. The topological polar surface area (TPSA) is 77.1 Å². The van der Waals surface area contributed by atoms with E-state index in [9.17, 15) is 14.0 Å². The third kappa shape index (κ3) is 7.62. The van der Waals surface area contributed by atoms with Crippen molar-refractivity contribution in [3.8, 4) is 11.5 Å². The Kier molecular flexibility index (Phi) is 9.24. The Morgan fingerprint density at radius 1 is 0.946 bits per heavy atom. The molecule has 0 spiro atoms. The first-order valence-corrected chi connectivity index (χ1v) is 12.3. The zero-order valence-corrected chi connectivity index (χ0v) is 20.8. The summed E-state index contributed by atoms with van der Waals surface area (Å²) in [6.45, 7) is 1.10. The van der Waals surface area contributed by atoms with Crippen LogP contribution >= 0.6 is 0 Å². The van der Waals surface area contributed by atoms with Gasteiger partial charge in [-0.05, 0) is 72.9 Å². The molecule has 1 heterocycles. The van der Waals surface area contributed by atoms with Gasteiger partial charge in [0.2, 0.25) is 11.8 Å². The molecule has 4 rings (SSSR count). The molecule has 1 N–H and O–H groups in total. The van der Waals surface area contributed by atoms with Crippen LogP contribution in [0.2, 0.25) is 0 Å². The van der Waals surface area contributed by atoms with Crippen LogP contribution in [0.5, 0.6) is 11.5 Å². The highest BCUT2D eigenvalue weighted by Gasteiger charge is 2.39. The largest absolute Gasteiger partial charge is 0.457 e. The summed E-state index contributed by atoms with van der Waals surface area (Å²) in [6, 6.07) is 22.1. The van der Waals surface area contributed by atoms with Crippen LogP contribution in [0.3, 0.4) is 0 Å². The lowest BCUT2D eigenvalue weighted by molar-refractivity contribution is -0.141. The van der Waals surface area contributed by atoms with E-state index >= 15 is 0 Å². The summed E-state index contributed by atoms with van der Waals surface area (Å²) in [6.07, 6.45) is 1.35. The van der Waals surface area contributed by atoms with Gasteiger partial charge in [-0.1, -0.05) is 30.3 Å². The number of anilines is 1. The fourth-order valence-electron chi connectivity index (χ4n) is 4.40. The summed E-state index contributed by atoms with van der Waals surface area (Å²) in [5.74, 6) is 0.432. The highest BCUT2D eigenvalue weighted by atomic mass is 19.1. The third-order valence-electron chi connectivity index (χ3n) is 6.21. The molecule has 0 bridgehead atoms. The van der Waals surface area contributed by atoms with Crippen LogP contribution in [0, 0.1) is 11.7 Å². The van der Waals surface area contributed by atoms with Crippen molar-refractivity contribution in [1.29, 1.82) is 0 Å². The number of likely N-dealkylation sites (tertiary alicyclic amines) is 1. The summed E-state index contributed by atoms with van der Waals surface area (Å²) in [5, 5.41) is 2.93. The van der Waals surface area contributed by atoms with Gasteiger partial charge in [0.1, 0.15) is 30.0 Å². The molecule has 0 saturated carbocycles. The van der Waals surface area contributed by atoms with E-state index in [1.54, 1.807) is 48.4 Å². The molecule has 1 saturated heterocycles. The zero-order valence-electron chi connectivity index (χ0n) is 20.8. The van der Waals surface area contributed by atoms with Gasteiger partial charge in [-0.2, -0.15) is 0 Å². The molecular weight excluding hydrogens is 475 g/mol. The van der Waals surface area contributed by atoms with E-state index in [4.69, 9.17) is 14.2 Å². The lowest BCUT2D eigenvalue weighted by Crippen LogP contribution is -2.44. The van der Waals surface area contributed by atoms with E-state index < -0.39 is 6.04 Å². The van der Waals surface area contributed by atoms with Crippen molar-refractivity contribution in [3.63, 3.8) is 0 Å². The SMILES string of the molecule is COCCOCC(=O)N1C[C@H](Cc2ccccc2)C[C@H]1C(=O)Nc1ccc(Oc2ccc(F)cc2)cc1. The molecule has 194 valence electrons. The van der Waals surface area contributed by atoms with Crippen LogP contribution in [-0.2, 0) is 25.5 Å². The van der Waals surface area contributed by atoms with E-state index in [2.05, 4.69) is 17.4 Å². The molecular formula is C29H31FN2O5. The van der Waals surface area contributed by atoms with Crippen molar-refractivity contribution in [2.24, 2.45) is 5.92 Å². The number of hydrogen-bond donors (Lipinski definition) is 1. The maximum absolute atomic E-state index is 13.3. The normalized spacial score (nSPS) is 17.0. The minimum atomic E-state index is -0.595. The molecule has 3 aromatic rings. The van der Waals surface area contributed by atoms with Crippen LogP contribution < -0.4 is 10.1 Å². The van der Waals surface area contributed by atoms with Gasteiger partial charge in [-0.25, -0.2) is 4.39 Å². The molecule has 0 unspecified atom stereocenters. The maximum Gasteiger partial charge on any atom is 0.249 e. The quantitative estimate of drug-likeness (QED) is 0.382. The highest BCUT2D eigenvalue weighted by molar-refractivity contribution is 5.97. The molecule has 0 radical (unpaired) electrons. The van der Waals surface area contributed by atoms with Gasteiger partial charge in [0.05, 0.1) is 13.2 Å². The first-order valence-electron chi connectivity index (χ1n) is 12.3. The summed E-state index contributed by atoms with van der Waals surface area (Å²) in [4.78, 5) is 27.9. The van der Waals surface area contributed by atoms with E-state index in [1.165, 1.54) is 17.7 Å². The average molecular weight is 507 g/mol. The minimum Gasteiger partial charge on any atom is -0.457 e. The number of hydrogen-bond acceptors (Lipinski definition) is 5. The smallest absolute Gasteiger partial charge is 0.249 e. The summed E-state index contributed by atoms with van der Waals surface area (Å²) in [5.41, 5.74) is 1.76. The van der Waals surface area contributed by atoms with Crippen LogP contribution in [0.4, 0.5) is 10.1 Å². The second kappa shape index (κ2) is 13.0.